The number of rotatable bonds is 4. The Morgan fingerprint density at radius 1 is 1.39 bits per heavy atom. The van der Waals surface area contributed by atoms with Crippen LogP contribution >= 0.6 is 0 Å². The molecule has 0 radical (unpaired) electrons. The Morgan fingerprint density at radius 3 is 2.72 bits per heavy atom. The van der Waals surface area contributed by atoms with Crippen molar-refractivity contribution >= 4 is 5.78 Å². The Morgan fingerprint density at radius 2 is 2.11 bits per heavy atom. The smallest absolute Gasteiger partial charge is 0.177 e. The number of ketones is 1. The highest BCUT2D eigenvalue weighted by molar-refractivity contribution is 5.99. The van der Waals surface area contributed by atoms with Crippen molar-refractivity contribution in [2.24, 2.45) is 0 Å². The van der Waals surface area contributed by atoms with E-state index in [1.165, 1.54) is 0 Å². The van der Waals surface area contributed by atoms with Crippen molar-refractivity contribution in [3.63, 3.8) is 0 Å². The molecule has 1 heterocycles. The van der Waals surface area contributed by atoms with Crippen LogP contribution in [0.2, 0.25) is 0 Å². The first-order valence-electron chi connectivity index (χ1n) is 6.31. The van der Waals surface area contributed by atoms with Crippen molar-refractivity contribution in [3.8, 4) is 5.75 Å². The predicted octanol–water partition coefficient (Wildman–Crippen LogP) is 1.09. The number of hydrogen-bond donors (Lipinski definition) is 1. The predicted molar refractivity (Wildman–Crippen MR) is 71.4 cm³/mol. The third-order valence-electron chi connectivity index (χ3n) is 3.31. The molecule has 98 valence electrons. The van der Waals surface area contributed by atoms with Crippen LogP contribution in [0.15, 0.2) is 18.2 Å². The van der Waals surface area contributed by atoms with Gasteiger partial charge in [-0.1, -0.05) is 0 Å². The van der Waals surface area contributed by atoms with Crippen molar-refractivity contribution in [2.75, 3.05) is 39.8 Å². The van der Waals surface area contributed by atoms with Gasteiger partial charge in [0, 0.05) is 31.7 Å². The number of aryl methyl sites for hydroxylation is 1. The molecule has 1 fully saturated rings. The molecule has 0 atom stereocenters. The molecule has 0 amide bonds. The van der Waals surface area contributed by atoms with Crippen LogP contribution in [0.25, 0.3) is 0 Å². The molecule has 0 bridgehead atoms. The molecule has 1 saturated heterocycles. The lowest BCUT2D eigenvalue weighted by Gasteiger charge is -2.26. The van der Waals surface area contributed by atoms with E-state index in [1.54, 1.807) is 7.11 Å². The molecule has 4 heteroatoms. The Kier molecular flexibility index (Phi) is 4.33. The molecule has 18 heavy (non-hydrogen) atoms. The van der Waals surface area contributed by atoms with Gasteiger partial charge in [-0.2, -0.15) is 0 Å². The molecule has 4 nitrogen and oxygen atoms in total. The first-order valence-corrected chi connectivity index (χ1v) is 6.31. The van der Waals surface area contributed by atoms with Crippen molar-refractivity contribution in [1.29, 1.82) is 0 Å². The van der Waals surface area contributed by atoms with E-state index < -0.39 is 0 Å². The normalized spacial score (nSPS) is 16.6. The van der Waals surface area contributed by atoms with Gasteiger partial charge in [-0.3, -0.25) is 9.69 Å². The molecule has 0 saturated carbocycles. The molecular weight excluding hydrogens is 228 g/mol. The average molecular weight is 248 g/mol. The number of piperazine rings is 1. The number of Topliss-reactive ketones (excluding diaryl/α,β-unsaturated/α-hetero) is 1. The standard InChI is InChI=1S/C14H20N2O2/c1-11-9-12(18-2)3-4-13(11)14(17)10-16-7-5-15-6-8-16/h3-4,9,15H,5-8,10H2,1-2H3. The van der Waals surface area contributed by atoms with E-state index in [-0.39, 0.29) is 5.78 Å². The highest BCUT2D eigenvalue weighted by Gasteiger charge is 2.16. The summed E-state index contributed by atoms with van der Waals surface area (Å²) in [6.45, 7) is 6.29. The number of nitrogens with one attached hydrogen (secondary N) is 1. The molecule has 1 aliphatic rings. The van der Waals surface area contributed by atoms with Gasteiger partial charge >= 0.3 is 0 Å². The van der Waals surface area contributed by atoms with E-state index >= 15 is 0 Å². The zero-order valence-electron chi connectivity index (χ0n) is 11.0. The van der Waals surface area contributed by atoms with E-state index in [2.05, 4.69) is 10.2 Å². The quantitative estimate of drug-likeness (QED) is 0.810. The second kappa shape index (κ2) is 5.98. The molecule has 1 aromatic carbocycles. The number of carbonyl (C=O) groups is 1. The van der Waals surface area contributed by atoms with E-state index in [1.807, 2.05) is 25.1 Å². The van der Waals surface area contributed by atoms with Crippen LogP contribution in [0, 0.1) is 6.92 Å². The lowest BCUT2D eigenvalue weighted by atomic mass is 10.0. The summed E-state index contributed by atoms with van der Waals surface area (Å²) in [5.74, 6) is 0.989. The molecule has 0 aliphatic carbocycles. The molecule has 2 rings (SSSR count). The minimum absolute atomic E-state index is 0.192. The lowest BCUT2D eigenvalue weighted by Crippen LogP contribution is -2.45. The van der Waals surface area contributed by atoms with Gasteiger partial charge in [-0.25, -0.2) is 0 Å². The van der Waals surface area contributed by atoms with Crippen molar-refractivity contribution < 1.29 is 9.53 Å². The molecule has 0 unspecified atom stereocenters. The largest absolute Gasteiger partial charge is 0.497 e. The van der Waals surface area contributed by atoms with Crippen molar-refractivity contribution in [2.45, 2.75) is 6.92 Å². The monoisotopic (exact) mass is 248 g/mol. The Labute approximate surface area is 108 Å². The Hall–Kier alpha value is -1.39. The number of ether oxygens (including phenoxy) is 1. The van der Waals surface area contributed by atoms with Gasteiger partial charge in [0.2, 0.25) is 0 Å². The van der Waals surface area contributed by atoms with Gasteiger partial charge in [-0.05, 0) is 30.7 Å². The van der Waals surface area contributed by atoms with E-state index in [9.17, 15) is 4.79 Å². The zero-order chi connectivity index (χ0) is 13.0. The van der Waals surface area contributed by atoms with Crippen LogP contribution in [0.4, 0.5) is 0 Å². The summed E-state index contributed by atoms with van der Waals surface area (Å²) in [4.78, 5) is 14.4. The summed E-state index contributed by atoms with van der Waals surface area (Å²) in [6.07, 6.45) is 0. The van der Waals surface area contributed by atoms with Crippen LogP contribution in [0.3, 0.4) is 0 Å². The molecule has 1 aromatic rings. The van der Waals surface area contributed by atoms with Crippen LogP contribution in [0.5, 0.6) is 5.75 Å². The van der Waals surface area contributed by atoms with E-state index in [0.717, 1.165) is 43.1 Å². The number of hydrogen-bond acceptors (Lipinski definition) is 4. The van der Waals surface area contributed by atoms with Gasteiger partial charge in [0.05, 0.1) is 13.7 Å². The van der Waals surface area contributed by atoms with Crippen molar-refractivity contribution in [3.05, 3.63) is 29.3 Å². The number of carbonyl (C=O) groups excluding carboxylic acids is 1. The maximum absolute atomic E-state index is 12.2. The van der Waals surface area contributed by atoms with E-state index in [0.29, 0.717) is 6.54 Å². The first-order chi connectivity index (χ1) is 8.70. The summed E-state index contributed by atoms with van der Waals surface area (Å²) in [7, 11) is 1.64. The zero-order valence-corrected chi connectivity index (χ0v) is 11.0. The Bertz CT molecular complexity index is 426. The van der Waals surface area contributed by atoms with Crippen LogP contribution < -0.4 is 10.1 Å². The highest BCUT2D eigenvalue weighted by Crippen LogP contribution is 2.17. The summed E-state index contributed by atoms with van der Waals surface area (Å²) in [6, 6.07) is 5.61. The molecule has 1 N–H and O–H groups in total. The van der Waals surface area contributed by atoms with Crippen LogP contribution in [-0.4, -0.2) is 50.5 Å². The SMILES string of the molecule is COc1ccc(C(=O)CN2CCNCC2)c(C)c1. The van der Waals surface area contributed by atoms with Gasteiger partial charge in [0.15, 0.2) is 5.78 Å². The van der Waals surface area contributed by atoms with Crippen molar-refractivity contribution in [1.82, 2.24) is 10.2 Å². The van der Waals surface area contributed by atoms with Gasteiger partial charge in [-0.15, -0.1) is 0 Å². The summed E-state index contributed by atoms with van der Waals surface area (Å²) in [5.41, 5.74) is 1.78. The third-order valence-corrected chi connectivity index (χ3v) is 3.31. The molecular formula is C14H20N2O2. The fourth-order valence-corrected chi connectivity index (χ4v) is 2.23. The summed E-state index contributed by atoms with van der Waals surface area (Å²) >= 11 is 0. The second-order valence-corrected chi connectivity index (χ2v) is 4.63. The lowest BCUT2D eigenvalue weighted by molar-refractivity contribution is 0.0921. The highest BCUT2D eigenvalue weighted by atomic mass is 16.5. The van der Waals surface area contributed by atoms with E-state index in [4.69, 9.17) is 4.74 Å². The fraction of sp³-hybridized carbons (Fsp3) is 0.500. The topological polar surface area (TPSA) is 41.6 Å². The maximum atomic E-state index is 12.2. The Balaban J connectivity index is 2.03. The number of nitrogens with zero attached hydrogens (tertiary/aromatic N) is 1. The van der Waals surface area contributed by atoms with Crippen LogP contribution in [-0.2, 0) is 0 Å². The van der Waals surface area contributed by atoms with Gasteiger partial charge < -0.3 is 10.1 Å². The summed E-state index contributed by atoms with van der Waals surface area (Å²) in [5, 5.41) is 3.28. The fourth-order valence-electron chi connectivity index (χ4n) is 2.23. The minimum Gasteiger partial charge on any atom is -0.497 e. The number of methoxy groups -OCH3 is 1. The second-order valence-electron chi connectivity index (χ2n) is 4.63. The first kappa shape index (κ1) is 13.1. The van der Waals surface area contributed by atoms with Crippen LogP contribution in [0.1, 0.15) is 15.9 Å². The summed E-state index contributed by atoms with van der Waals surface area (Å²) < 4.78 is 5.15. The number of benzene rings is 1. The average Bonchev–Trinajstić information content (AvgIpc) is 2.39. The molecule has 0 aromatic heterocycles. The maximum Gasteiger partial charge on any atom is 0.177 e. The minimum atomic E-state index is 0.192. The third kappa shape index (κ3) is 3.09. The molecule has 1 aliphatic heterocycles. The molecule has 0 spiro atoms. The van der Waals surface area contributed by atoms with Gasteiger partial charge in [0.25, 0.3) is 0 Å². The van der Waals surface area contributed by atoms with Gasteiger partial charge in [0.1, 0.15) is 5.75 Å².